The molecule has 0 radical (unpaired) electrons. The second-order valence-electron chi connectivity index (χ2n) is 4.47. The normalized spacial score (nSPS) is 14.6. The van der Waals surface area contributed by atoms with Gasteiger partial charge in [-0.1, -0.05) is 25.8 Å². The molecule has 2 nitrogen and oxygen atoms in total. The number of halogens is 5. The van der Waals surface area contributed by atoms with E-state index in [1.165, 1.54) is 6.07 Å². The predicted molar refractivity (Wildman–Crippen MR) is 71.1 cm³/mol. The Balaban J connectivity index is 0.00000361. The first-order valence-electron chi connectivity index (χ1n) is 6.07. The van der Waals surface area contributed by atoms with E-state index in [2.05, 4.69) is 0 Å². The lowest BCUT2D eigenvalue weighted by atomic mass is 9.96. The Morgan fingerprint density at radius 2 is 1.90 bits per heavy atom. The smallest absolute Gasteiger partial charge is 0.391 e. The standard InChI is InChI=1S/C13H17F4NO.ClH/c1-2-3-4-11(19)12(18)8-5-6-10(14)9(7-8)13(15,16)17;/h5-7,11-12,19H,2-4,18H2,1H3;1H/t11-,12+;/m1./s1. The van der Waals surface area contributed by atoms with Crippen LogP contribution in [0.25, 0.3) is 0 Å². The van der Waals surface area contributed by atoms with Crippen LogP contribution in [0.5, 0.6) is 0 Å². The number of benzene rings is 1. The Morgan fingerprint density at radius 1 is 1.30 bits per heavy atom. The maximum atomic E-state index is 13.1. The summed E-state index contributed by atoms with van der Waals surface area (Å²) in [5, 5.41) is 9.77. The van der Waals surface area contributed by atoms with Gasteiger partial charge < -0.3 is 10.8 Å². The van der Waals surface area contributed by atoms with E-state index in [1.807, 2.05) is 6.92 Å². The van der Waals surface area contributed by atoms with Crippen LogP contribution in [-0.4, -0.2) is 11.2 Å². The van der Waals surface area contributed by atoms with E-state index in [-0.39, 0.29) is 18.0 Å². The van der Waals surface area contributed by atoms with Crippen molar-refractivity contribution in [3.8, 4) is 0 Å². The zero-order valence-corrected chi connectivity index (χ0v) is 11.8. The third-order valence-electron chi connectivity index (χ3n) is 2.95. The lowest BCUT2D eigenvalue weighted by molar-refractivity contribution is -0.140. The van der Waals surface area contributed by atoms with Crippen LogP contribution >= 0.6 is 12.4 Å². The van der Waals surface area contributed by atoms with Crippen LogP contribution in [-0.2, 0) is 6.18 Å². The fourth-order valence-corrected chi connectivity index (χ4v) is 1.78. The number of hydrogen-bond acceptors (Lipinski definition) is 2. The lowest BCUT2D eigenvalue weighted by Gasteiger charge is -2.20. The van der Waals surface area contributed by atoms with Crippen molar-refractivity contribution in [3.05, 3.63) is 35.1 Å². The van der Waals surface area contributed by atoms with E-state index in [9.17, 15) is 22.7 Å². The zero-order chi connectivity index (χ0) is 14.6. The molecule has 0 saturated carbocycles. The molecule has 0 unspecified atom stereocenters. The second kappa shape index (κ2) is 7.81. The van der Waals surface area contributed by atoms with Crippen molar-refractivity contribution in [1.29, 1.82) is 0 Å². The minimum atomic E-state index is -4.77. The van der Waals surface area contributed by atoms with E-state index in [0.29, 0.717) is 12.5 Å². The quantitative estimate of drug-likeness (QED) is 0.811. The van der Waals surface area contributed by atoms with E-state index in [0.717, 1.165) is 18.9 Å². The minimum Gasteiger partial charge on any atom is -0.391 e. The largest absolute Gasteiger partial charge is 0.419 e. The van der Waals surface area contributed by atoms with E-state index < -0.39 is 29.7 Å². The summed E-state index contributed by atoms with van der Waals surface area (Å²) in [5.41, 5.74) is 4.42. The molecule has 0 spiro atoms. The summed E-state index contributed by atoms with van der Waals surface area (Å²) in [6.45, 7) is 1.93. The number of hydrogen-bond donors (Lipinski definition) is 2. The van der Waals surface area contributed by atoms with Gasteiger partial charge in [-0.05, 0) is 24.1 Å². The highest BCUT2D eigenvalue weighted by Gasteiger charge is 2.34. The molecule has 0 amide bonds. The molecule has 0 heterocycles. The molecular formula is C13H18ClF4NO. The fourth-order valence-electron chi connectivity index (χ4n) is 1.78. The van der Waals surface area contributed by atoms with Gasteiger partial charge in [0.05, 0.1) is 17.7 Å². The first-order chi connectivity index (χ1) is 8.77. The molecule has 20 heavy (non-hydrogen) atoms. The van der Waals surface area contributed by atoms with Crippen LogP contribution < -0.4 is 5.73 Å². The summed E-state index contributed by atoms with van der Waals surface area (Å²) >= 11 is 0. The van der Waals surface area contributed by atoms with Gasteiger partial charge in [-0.3, -0.25) is 0 Å². The highest BCUT2D eigenvalue weighted by atomic mass is 35.5. The highest BCUT2D eigenvalue weighted by molar-refractivity contribution is 5.85. The molecule has 0 bridgehead atoms. The molecule has 3 N–H and O–H groups in total. The van der Waals surface area contributed by atoms with E-state index >= 15 is 0 Å². The number of alkyl halides is 3. The Hall–Kier alpha value is -0.850. The minimum absolute atomic E-state index is 0. The Kier molecular flexibility index (Phi) is 7.47. The predicted octanol–water partition coefficient (Wildman–Crippen LogP) is 3.82. The van der Waals surface area contributed by atoms with E-state index in [1.54, 1.807) is 0 Å². The topological polar surface area (TPSA) is 46.2 Å². The number of unbranched alkanes of at least 4 members (excludes halogenated alkanes) is 1. The van der Waals surface area contributed by atoms with Crippen molar-refractivity contribution in [2.75, 3.05) is 0 Å². The molecule has 116 valence electrons. The van der Waals surface area contributed by atoms with Crippen LogP contribution in [0.1, 0.15) is 43.4 Å². The molecule has 0 aromatic heterocycles. The summed E-state index contributed by atoms with van der Waals surface area (Å²) in [6.07, 6.45) is -3.74. The first-order valence-corrected chi connectivity index (χ1v) is 6.07. The molecule has 7 heteroatoms. The van der Waals surface area contributed by atoms with E-state index in [4.69, 9.17) is 5.73 Å². The molecule has 1 aromatic rings. The Bertz CT molecular complexity index is 425. The van der Waals surface area contributed by atoms with Crippen molar-refractivity contribution in [3.63, 3.8) is 0 Å². The van der Waals surface area contributed by atoms with Crippen LogP contribution in [0.15, 0.2) is 18.2 Å². The van der Waals surface area contributed by atoms with Crippen molar-refractivity contribution in [2.45, 2.75) is 44.5 Å². The monoisotopic (exact) mass is 315 g/mol. The summed E-state index contributed by atoms with van der Waals surface area (Å²) in [5.74, 6) is -1.34. The SMILES string of the molecule is CCCC[C@@H](O)[C@@H](N)c1ccc(F)c(C(F)(F)F)c1.Cl. The van der Waals surface area contributed by atoms with Crippen LogP contribution in [0.2, 0.25) is 0 Å². The molecule has 0 saturated heterocycles. The average molecular weight is 316 g/mol. The summed E-state index contributed by atoms with van der Waals surface area (Å²) < 4.78 is 50.8. The third kappa shape index (κ3) is 4.92. The van der Waals surface area contributed by atoms with Crippen LogP contribution in [0, 0.1) is 5.82 Å². The van der Waals surface area contributed by atoms with Crippen molar-refractivity contribution >= 4 is 12.4 Å². The molecule has 0 aliphatic heterocycles. The Labute approximate surface area is 121 Å². The van der Waals surface area contributed by atoms with Gasteiger partial charge in [-0.2, -0.15) is 13.2 Å². The van der Waals surface area contributed by atoms with Crippen molar-refractivity contribution in [1.82, 2.24) is 0 Å². The average Bonchev–Trinajstić information content (AvgIpc) is 2.34. The second-order valence-corrected chi connectivity index (χ2v) is 4.47. The summed E-state index contributed by atoms with van der Waals surface area (Å²) in [4.78, 5) is 0. The molecule has 1 aromatic carbocycles. The highest BCUT2D eigenvalue weighted by Crippen LogP contribution is 2.33. The molecule has 1 rings (SSSR count). The molecule has 0 aliphatic carbocycles. The fraction of sp³-hybridized carbons (Fsp3) is 0.538. The number of nitrogens with two attached hydrogens (primary N) is 1. The van der Waals surface area contributed by atoms with Gasteiger partial charge in [-0.25, -0.2) is 4.39 Å². The third-order valence-corrected chi connectivity index (χ3v) is 2.95. The summed E-state index contributed by atoms with van der Waals surface area (Å²) in [7, 11) is 0. The first kappa shape index (κ1) is 19.1. The van der Waals surface area contributed by atoms with Gasteiger partial charge in [0, 0.05) is 0 Å². The van der Waals surface area contributed by atoms with Gasteiger partial charge in [-0.15, -0.1) is 12.4 Å². The number of aliphatic hydroxyl groups is 1. The number of aliphatic hydroxyl groups excluding tert-OH is 1. The molecular weight excluding hydrogens is 298 g/mol. The van der Waals surface area contributed by atoms with Crippen LogP contribution in [0.4, 0.5) is 17.6 Å². The van der Waals surface area contributed by atoms with Gasteiger partial charge >= 0.3 is 6.18 Å². The molecule has 2 atom stereocenters. The zero-order valence-electron chi connectivity index (χ0n) is 11.0. The van der Waals surface area contributed by atoms with Gasteiger partial charge in [0.15, 0.2) is 0 Å². The van der Waals surface area contributed by atoms with Gasteiger partial charge in [0.1, 0.15) is 5.82 Å². The maximum absolute atomic E-state index is 13.1. The van der Waals surface area contributed by atoms with Gasteiger partial charge in [0.2, 0.25) is 0 Å². The molecule has 0 aliphatic rings. The maximum Gasteiger partial charge on any atom is 0.419 e. The van der Waals surface area contributed by atoms with Gasteiger partial charge in [0.25, 0.3) is 0 Å². The van der Waals surface area contributed by atoms with Crippen molar-refractivity contribution < 1.29 is 22.7 Å². The molecule has 0 fully saturated rings. The Morgan fingerprint density at radius 3 is 2.40 bits per heavy atom. The van der Waals surface area contributed by atoms with Crippen LogP contribution in [0.3, 0.4) is 0 Å². The summed E-state index contributed by atoms with van der Waals surface area (Å²) in [6, 6.07) is 1.61. The lowest BCUT2D eigenvalue weighted by Crippen LogP contribution is -2.26. The van der Waals surface area contributed by atoms with Crippen molar-refractivity contribution in [2.24, 2.45) is 5.73 Å². The number of rotatable bonds is 5.